The van der Waals surface area contributed by atoms with E-state index in [2.05, 4.69) is 42.3 Å². The van der Waals surface area contributed by atoms with Crippen molar-refractivity contribution in [1.29, 1.82) is 0 Å². The Kier molecular flexibility index (Phi) is 6.47. The quantitative estimate of drug-likeness (QED) is 0.629. The molecule has 2 aromatic carbocycles. The summed E-state index contributed by atoms with van der Waals surface area (Å²) < 4.78 is 10.8. The number of hydrogen-bond acceptors (Lipinski definition) is 3. The van der Waals surface area contributed by atoms with Gasteiger partial charge in [0.1, 0.15) is 11.3 Å². The Balaban J connectivity index is 0.00000208. The smallest absolute Gasteiger partial charge is 0.134 e. The summed E-state index contributed by atoms with van der Waals surface area (Å²) in [5.74, 6) is 0.881. The summed E-state index contributed by atoms with van der Waals surface area (Å²) in [6.45, 7) is 1.75. The second-order valence-electron chi connectivity index (χ2n) is 5.63. The van der Waals surface area contributed by atoms with Crippen LogP contribution in [0, 0.1) is 0 Å². The molecule has 0 amide bonds. The Morgan fingerprint density at radius 1 is 1.08 bits per heavy atom. The van der Waals surface area contributed by atoms with Crippen LogP contribution >= 0.6 is 12.4 Å². The molecule has 0 saturated carbocycles. The van der Waals surface area contributed by atoms with Crippen LogP contribution in [-0.4, -0.2) is 25.6 Å². The molecule has 1 aromatic heterocycles. The minimum atomic E-state index is 0. The molecular weight excluding hydrogens is 322 g/mol. The monoisotopic (exact) mass is 343 g/mol. The second kappa shape index (κ2) is 8.57. The normalized spacial score (nSPS) is 11.1. The number of ether oxygens (including phenoxy) is 1. The Hall–Kier alpha value is -2.23. The van der Waals surface area contributed by atoms with Gasteiger partial charge in [0.2, 0.25) is 0 Å². The number of hydrogen-bond donors (Lipinski definition) is 0. The van der Waals surface area contributed by atoms with E-state index in [0.717, 1.165) is 24.4 Å². The van der Waals surface area contributed by atoms with Crippen LogP contribution in [0.25, 0.3) is 17.0 Å². The van der Waals surface area contributed by atoms with Gasteiger partial charge in [0, 0.05) is 24.0 Å². The molecule has 24 heavy (non-hydrogen) atoms. The molecule has 0 aliphatic heterocycles. The minimum Gasteiger partial charge on any atom is -0.497 e. The third kappa shape index (κ3) is 4.40. The van der Waals surface area contributed by atoms with Crippen molar-refractivity contribution in [2.24, 2.45) is 0 Å². The van der Waals surface area contributed by atoms with Crippen molar-refractivity contribution in [1.82, 2.24) is 4.90 Å². The van der Waals surface area contributed by atoms with Gasteiger partial charge in [0.05, 0.1) is 13.4 Å². The van der Waals surface area contributed by atoms with E-state index >= 15 is 0 Å². The van der Waals surface area contributed by atoms with Gasteiger partial charge in [0.15, 0.2) is 0 Å². The fraction of sp³-hybridized carbons (Fsp3) is 0.200. The lowest BCUT2D eigenvalue weighted by Gasteiger charge is -2.13. The average Bonchev–Trinajstić information content (AvgIpc) is 2.99. The highest BCUT2D eigenvalue weighted by molar-refractivity contribution is 5.85. The SMILES string of the molecule is COc1ccc(/C=C/CN(C)Cc2coc3ccccc23)cc1.Cl. The van der Waals surface area contributed by atoms with E-state index in [0.29, 0.717) is 0 Å². The number of methoxy groups -OCH3 is 1. The highest BCUT2D eigenvalue weighted by atomic mass is 35.5. The topological polar surface area (TPSA) is 25.6 Å². The lowest BCUT2D eigenvalue weighted by Crippen LogP contribution is -2.17. The van der Waals surface area contributed by atoms with E-state index in [1.165, 1.54) is 16.5 Å². The number of fused-ring (bicyclic) bond motifs is 1. The van der Waals surface area contributed by atoms with Crippen LogP contribution in [0.4, 0.5) is 0 Å². The molecule has 0 N–H and O–H groups in total. The van der Waals surface area contributed by atoms with E-state index in [-0.39, 0.29) is 12.4 Å². The third-order valence-electron chi connectivity index (χ3n) is 3.84. The Morgan fingerprint density at radius 2 is 1.83 bits per heavy atom. The van der Waals surface area contributed by atoms with Gasteiger partial charge in [-0.2, -0.15) is 0 Å². The molecule has 0 aliphatic rings. The zero-order valence-corrected chi connectivity index (χ0v) is 14.8. The number of furan rings is 1. The fourth-order valence-electron chi connectivity index (χ4n) is 2.59. The molecule has 0 fully saturated rings. The highest BCUT2D eigenvalue weighted by Gasteiger charge is 2.06. The summed E-state index contributed by atoms with van der Waals surface area (Å²) in [5, 5.41) is 1.19. The summed E-state index contributed by atoms with van der Waals surface area (Å²) in [7, 11) is 3.79. The molecule has 126 valence electrons. The van der Waals surface area contributed by atoms with Crippen LogP contribution in [0.15, 0.2) is 65.3 Å². The van der Waals surface area contributed by atoms with Crippen molar-refractivity contribution < 1.29 is 9.15 Å². The molecule has 4 heteroatoms. The lowest BCUT2D eigenvalue weighted by atomic mass is 10.1. The van der Waals surface area contributed by atoms with E-state index in [9.17, 15) is 0 Å². The van der Waals surface area contributed by atoms with Crippen molar-refractivity contribution in [2.75, 3.05) is 20.7 Å². The van der Waals surface area contributed by atoms with Crippen molar-refractivity contribution in [3.05, 3.63) is 72.0 Å². The molecule has 1 heterocycles. The molecule has 0 atom stereocenters. The first kappa shape index (κ1) is 18.1. The number of halogens is 1. The zero-order valence-electron chi connectivity index (χ0n) is 13.9. The van der Waals surface area contributed by atoms with Gasteiger partial charge in [-0.15, -0.1) is 12.4 Å². The molecule has 0 spiro atoms. The molecular formula is C20H22ClNO2. The maximum absolute atomic E-state index is 5.59. The summed E-state index contributed by atoms with van der Waals surface area (Å²) in [5.41, 5.74) is 3.35. The number of rotatable bonds is 6. The van der Waals surface area contributed by atoms with Gasteiger partial charge >= 0.3 is 0 Å². The van der Waals surface area contributed by atoms with Crippen LogP contribution < -0.4 is 4.74 Å². The molecule has 0 saturated heterocycles. The maximum Gasteiger partial charge on any atom is 0.134 e. The number of benzene rings is 2. The minimum absolute atomic E-state index is 0. The maximum atomic E-state index is 5.59. The molecule has 0 unspecified atom stereocenters. The van der Waals surface area contributed by atoms with Crippen LogP contribution in [0.5, 0.6) is 5.75 Å². The standard InChI is InChI=1S/C20H21NO2.ClH/c1-21(13-5-6-16-9-11-18(22-2)12-10-16)14-17-15-23-20-8-4-3-7-19(17)20;/h3-12,15H,13-14H2,1-2H3;1H/b6-5+;. The first-order valence-electron chi connectivity index (χ1n) is 7.70. The largest absolute Gasteiger partial charge is 0.497 e. The Morgan fingerprint density at radius 3 is 2.58 bits per heavy atom. The van der Waals surface area contributed by atoms with Crippen LogP contribution in [0.3, 0.4) is 0 Å². The molecule has 0 aliphatic carbocycles. The number of para-hydroxylation sites is 1. The van der Waals surface area contributed by atoms with Gasteiger partial charge in [-0.05, 0) is 30.8 Å². The van der Waals surface area contributed by atoms with Crippen molar-refractivity contribution in [2.45, 2.75) is 6.54 Å². The number of nitrogens with zero attached hydrogens (tertiary/aromatic N) is 1. The summed E-state index contributed by atoms with van der Waals surface area (Å²) in [4.78, 5) is 2.26. The molecule has 3 nitrogen and oxygen atoms in total. The summed E-state index contributed by atoms with van der Waals surface area (Å²) in [6, 6.07) is 16.2. The first-order valence-corrected chi connectivity index (χ1v) is 7.70. The van der Waals surface area contributed by atoms with Crippen LogP contribution in [0.2, 0.25) is 0 Å². The molecule has 0 bridgehead atoms. The van der Waals surface area contributed by atoms with Gasteiger partial charge in [-0.1, -0.05) is 42.5 Å². The lowest BCUT2D eigenvalue weighted by molar-refractivity contribution is 0.363. The van der Waals surface area contributed by atoms with E-state index in [4.69, 9.17) is 9.15 Å². The fourth-order valence-corrected chi connectivity index (χ4v) is 2.59. The van der Waals surface area contributed by atoms with E-state index < -0.39 is 0 Å². The highest BCUT2D eigenvalue weighted by Crippen LogP contribution is 2.21. The van der Waals surface area contributed by atoms with Gasteiger partial charge in [-0.3, -0.25) is 4.90 Å². The van der Waals surface area contributed by atoms with Crippen LogP contribution in [0.1, 0.15) is 11.1 Å². The van der Waals surface area contributed by atoms with Crippen molar-refractivity contribution >= 4 is 29.5 Å². The number of likely N-dealkylation sites (N-methyl/N-ethyl adjacent to an activating group) is 1. The molecule has 3 aromatic rings. The van der Waals surface area contributed by atoms with Gasteiger partial charge in [0.25, 0.3) is 0 Å². The van der Waals surface area contributed by atoms with Crippen molar-refractivity contribution in [3.63, 3.8) is 0 Å². The van der Waals surface area contributed by atoms with Gasteiger partial charge in [-0.25, -0.2) is 0 Å². The predicted octanol–water partition coefficient (Wildman–Crippen LogP) is 5.01. The first-order chi connectivity index (χ1) is 11.3. The third-order valence-corrected chi connectivity index (χ3v) is 3.84. The zero-order chi connectivity index (χ0) is 16.1. The molecule has 3 rings (SSSR count). The van der Waals surface area contributed by atoms with E-state index in [1.807, 2.05) is 36.6 Å². The summed E-state index contributed by atoms with van der Waals surface area (Å²) in [6.07, 6.45) is 6.15. The Labute approximate surface area is 148 Å². The summed E-state index contributed by atoms with van der Waals surface area (Å²) >= 11 is 0. The van der Waals surface area contributed by atoms with Crippen molar-refractivity contribution in [3.8, 4) is 5.75 Å². The molecule has 0 radical (unpaired) electrons. The Bertz CT molecular complexity index is 793. The van der Waals surface area contributed by atoms with E-state index in [1.54, 1.807) is 7.11 Å². The average molecular weight is 344 g/mol. The van der Waals surface area contributed by atoms with Crippen LogP contribution in [-0.2, 0) is 6.54 Å². The van der Waals surface area contributed by atoms with Gasteiger partial charge < -0.3 is 9.15 Å². The predicted molar refractivity (Wildman–Crippen MR) is 102 cm³/mol. The second-order valence-corrected chi connectivity index (χ2v) is 5.63.